The van der Waals surface area contributed by atoms with Crippen LogP contribution in [0.15, 0.2) is 48.5 Å². The number of ether oxygens (including phenoxy) is 1. The first-order valence-corrected chi connectivity index (χ1v) is 9.42. The minimum Gasteiger partial charge on any atom is -0.469 e. The molecule has 1 fully saturated rings. The highest BCUT2D eigenvalue weighted by Crippen LogP contribution is 2.31. The zero-order valence-electron chi connectivity index (χ0n) is 16.6. The number of amides is 2. The summed E-state index contributed by atoms with van der Waals surface area (Å²) < 4.78 is 4.68. The second kappa shape index (κ2) is 8.02. The van der Waals surface area contributed by atoms with Crippen LogP contribution in [0.3, 0.4) is 0 Å². The molecule has 2 aromatic rings. The number of urea groups is 1. The lowest BCUT2D eigenvalue weighted by atomic mass is 9.93. The largest absolute Gasteiger partial charge is 0.469 e. The van der Waals surface area contributed by atoms with Crippen LogP contribution in [-0.2, 0) is 21.5 Å². The van der Waals surface area contributed by atoms with E-state index in [2.05, 4.69) is 10.1 Å². The van der Waals surface area contributed by atoms with Gasteiger partial charge in [0.25, 0.3) is 0 Å². The van der Waals surface area contributed by atoms with Gasteiger partial charge in [-0.25, -0.2) is 4.79 Å². The Balaban J connectivity index is 1.78. The molecule has 1 atom stereocenters. The molecule has 0 bridgehead atoms. The van der Waals surface area contributed by atoms with Crippen molar-refractivity contribution in [2.45, 2.75) is 38.3 Å². The number of anilines is 1. The van der Waals surface area contributed by atoms with Gasteiger partial charge in [0, 0.05) is 24.2 Å². The molecule has 0 radical (unpaired) electrons. The molecule has 1 aliphatic heterocycles. The molecule has 1 heterocycles. The van der Waals surface area contributed by atoms with Crippen molar-refractivity contribution >= 4 is 17.7 Å². The number of hydrogen-bond donors (Lipinski definition) is 2. The molecule has 0 aromatic heterocycles. The fourth-order valence-corrected chi connectivity index (χ4v) is 3.37. The highest BCUT2D eigenvalue weighted by molar-refractivity contribution is 5.95. The van der Waals surface area contributed by atoms with Gasteiger partial charge in [-0.05, 0) is 49.1 Å². The zero-order valence-corrected chi connectivity index (χ0v) is 16.6. The van der Waals surface area contributed by atoms with Gasteiger partial charge in [0.2, 0.25) is 0 Å². The number of aryl methyl sites for hydroxylation is 1. The predicted molar refractivity (Wildman–Crippen MR) is 109 cm³/mol. The number of carbonyl (C=O) groups excluding carboxylic acids is 2. The number of carbonyl (C=O) groups is 2. The van der Waals surface area contributed by atoms with Gasteiger partial charge in [-0.2, -0.15) is 0 Å². The number of nitrogens with zero attached hydrogens (tertiary/aromatic N) is 1. The Bertz CT molecular complexity index is 839. The van der Waals surface area contributed by atoms with Crippen LogP contribution in [0.2, 0.25) is 0 Å². The van der Waals surface area contributed by atoms with Crippen molar-refractivity contribution in [3.63, 3.8) is 0 Å². The molecule has 3 N–H and O–H groups in total. The number of esters is 1. The summed E-state index contributed by atoms with van der Waals surface area (Å²) in [5, 5.41) is 2.92. The minimum atomic E-state index is -0.401. The second-order valence-corrected chi connectivity index (χ2v) is 7.66. The van der Waals surface area contributed by atoms with Crippen molar-refractivity contribution in [2.24, 2.45) is 5.73 Å². The van der Waals surface area contributed by atoms with Gasteiger partial charge in [0.1, 0.15) is 0 Å². The van der Waals surface area contributed by atoms with Crippen molar-refractivity contribution < 1.29 is 14.3 Å². The van der Waals surface area contributed by atoms with Gasteiger partial charge < -0.3 is 15.8 Å². The van der Waals surface area contributed by atoms with E-state index < -0.39 is 5.54 Å². The summed E-state index contributed by atoms with van der Waals surface area (Å²) in [5.41, 5.74) is 9.72. The lowest BCUT2D eigenvalue weighted by Crippen LogP contribution is -2.30. The van der Waals surface area contributed by atoms with Crippen LogP contribution in [0.25, 0.3) is 0 Å². The van der Waals surface area contributed by atoms with E-state index in [4.69, 9.17) is 5.73 Å². The molecule has 2 amide bonds. The highest BCUT2D eigenvalue weighted by atomic mass is 16.5. The van der Waals surface area contributed by atoms with Crippen LogP contribution in [0.4, 0.5) is 10.5 Å². The molecular formula is C22H27N3O3. The van der Waals surface area contributed by atoms with Gasteiger partial charge in [-0.15, -0.1) is 0 Å². The number of benzene rings is 2. The van der Waals surface area contributed by atoms with Crippen molar-refractivity contribution in [2.75, 3.05) is 18.6 Å². The van der Waals surface area contributed by atoms with Crippen LogP contribution in [0, 0.1) is 0 Å². The van der Waals surface area contributed by atoms with Crippen LogP contribution in [-0.4, -0.2) is 25.7 Å². The second-order valence-electron chi connectivity index (χ2n) is 7.66. The van der Waals surface area contributed by atoms with Crippen molar-refractivity contribution in [1.82, 2.24) is 5.32 Å². The smallest absolute Gasteiger partial charge is 0.322 e. The summed E-state index contributed by atoms with van der Waals surface area (Å²) in [4.78, 5) is 25.5. The van der Waals surface area contributed by atoms with Gasteiger partial charge in [0.05, 0.1) is 13.2 Å². The fourth-order valence-electron chi connectivity index (χ4n) is 3.37. The third-order valence-corrected chi connectivity index (χ3v) is 5.08. The van der Waals surface area contributed by atoms with E-state index in [9.17, 15) is 9.59 Å². The monoisotopic (exact) mass is 381 g/mol. The van der Waals surface area contributed by atoms with E-state index in [1.165, 1.54) is 7.11 Å². The first-order valence-electron chi connectivity index (χ1n) is 9.42. The Morgan fingerprint density at radius 2 is 1.82 bits per heavy atom. The Labute approximate surface area is 165 Å². The van der Waals surface area contributed by atoms with Crippen LogP contribution in [0.5, 0.6) is 0 Å². The molecule has 28 heavy (non-hydrogen) atoms. The van der Waals surface area contributed by atoms with Crippen molar-refractivity contribution in [3.8, 4) is 0 Å². The van der Waals surface area contributed by atoms with Crippen molar-refractivity contribution in [1.29, 1.82) is 0 Å². The number of hydrogen-bond acceptors (Lipinski definition) is 4. The van der Waals surface area contributed by atoms with Crippen molar-refractivity contribution in [3.05, 3.63) is 65.2 Å². The third kappa shape index (κ3) is 4.34. The topological polar surface area (TPSA) is 84.7 Å². The van der Waals surface area contributed by atoms with Gasteiger partial charge in [-0.3, -0.25) is 9.69 Å². The molecule has 6 heteroatoms. The normalized spacial score (nSPS) is 16.8. The number of nitrogens with one attached hydrogen (secondary N) is 1. The standard InChI is InChI=1S/C22H27N3O3/c1-22(2,23)17-9-7-16(8-10-17)19-14-24-21(27)25(19)18-11-4-15(5-12-18)6-13-20(26)28-3/h4-5,7-12,19H,6,13-14,23H2,1-3H3,(H,24,27). The summed E-state index contributed by atoms with van der Waals surface area (Å²) >= 11 is 0. The molecule has 3 rings (SSSR count). The molecule has 0 aliphatic carbocycles. The van der Waals surface area contributed by atoms with Crippen LogP contribution < -0.4 is 16.0 Å². The molecule has 148 valence electrons. The SMILES string of the molecule is COC(=O)CCc1ccc(N2C(=O)NCC2c2ccc(C(C)(C)N)cc2)cc1. The van der Waals surface area contributed by atoms with Crippen LogP contribution in [0.1, 0.15) is 43.0 Å². The highest BCUT2D eigenvalue weighted by Gasteiger charge is 2.33. The number of nitrogens with two attached hydrogens (primary N) is 1. The molecule has 0 saturated carbocycles. The summed E-state index contributed by atoms with van der Waals surface area (Å²) in [6, 6.07) is 15.6. The minimum absolute atomic E-state index is 0.0802. The lowest BCUT2D eigenvalue weighted by Gasteiger charge is -2.25. The first kappa shape index (κ1) is 19.9. The van der Waals surface area contributed by atoms with Gasteiger partial charge >= 0.3 is 12.0 Å². The quantitative estimate of drug-likeness (QED) is 0.752. The maximum Gasteiger partial charge on any atom is 0.322 e. The average Bonchev–Trinajstić information content (AvgIpc) is 3.07. The number of methoxy groups -OCH3 is 1. The van der Waals surface area contributed by atoms with Crippen LogP contribution >= 0.6 is 0 Å². The maximum absolute atomic E-state index is 12.5. The summed E-state index contributed by atoms with van der Waals surface area (Å²) in [7, 11) is 1.39. The molecule has 1 unspecified atom stereocenters. The summed E-state index contributed by atoms with van der Waals surface area (Å²) in [6.45, 7) is 4.49. The average molecular weight is 381 g/mol. The molecule has 2 aromatic carbocycles. The maximum atomic E-state index is 12.5. The Morgan fingerprint density at radius 3 is 2.39 bits per heavy atom. The van der Waals surface area contributed by atoms with Gasteiger partial charge in [0.15, 0.2) is 0 Å². The first-order chi connectivity index (χ1) is 13.3. The molecule has 1 saturated heterocycles. The fraction of sp³-hybridized carbons (Fsp3) is 0.364. The van der Waals surface area contributed by atoms with E-state index in [1.807, 2.05) is 62.4 Å². The van der Waals surface area contributed by atoms with E-state index in [-0.39, 0.29) is 18.0 Å². The van der Waals surface area contributed by atoms with E-state index in [0.29, 0.717) is 19.4 Å². The van der Waals surface area contributed by atoms with E-state index in [0.717, 1.165) is 22.4 Å². The molecular weight excluding hydrogens is 354 g/mol. The molecule has 0 spiro atoms. The Morgan fingerprint density at radius 1 is 1.18 bits per heavy atom. The lowest BCUT2D eigenvalue weighted by molar-refractivity contribution is -0.140. The summed E-state index contributed by atoms with van der Waals surface area (Å²) in [6.07, 6.45) is 0.950. The summed E-state index contributed by atoms with van der Waals surface area (Å²) in [5.74, 6) is -0.229. The predicted octanol–water partition coefficient (Wildman–Crippen LogP) is 3.26. The van der Waals surface area contributed by atoms with E-state index >= 15 is 0 Å². The Kier molecular flexibility index (Phi) is 5.70. The van der Waals surface area contributed by atoms with Gasteiger partial charge in [-0.1, -0.05) is 36.4 Å². The molecule has 6 nitrogen and oxygen atoms in total. The Hall–Kier alpha value is -2.86. The molecule has 1 aliphatic rings. The van der Waals surface area contributed by atoms with E-state index in [1.54, 1.807) is 4.90 Å². The number of rotatable bonds is 6. The zero-order chi connectivity index (χ0) is 20.3. The third-order valence-electron chi connectivity index (χ3n) is 5.08.